The molecule has 0 aliphatic carbocycles. The first kappa shape index (κ1) is 24.3. The molecule has 0 spiro atoms. The zero-order valence-electron chi connectivity index (χ0n) is 19.5. The molecule has 0 saturated carbocycles. The first-order valence-electron chi connectivity index (χ1n) is 11.4. The molecular formula is C27H29N3O5. The van der Waals surface area contributed by atoms with Crippen molar-refractivity contribution < 1.29 is 24.2 Å². The van der Waals surface area contributed by atoms with E-state index in [0.717, 1.165) is 24.0 Å². The number of nitrogens with two attached hydrogens (primary N) is 1. The number of aliphatic hydroxyl groups excluding tert-OH is 1. The monoisotopic (exact) mass is 475 g/mol. The van der Waals surface area contributed by atoms with Gasteiger partial charge in [-0.3, -0.25) is 4.79 Å². The highest BCUT2D eigenvalue weighted by Gasteiger charge is 2.20. The number of para-hydroxylation sites is 1. The largest absolute Gasteiger partial charge is 0.486 e. The minimum absolute atomic E-state index is 0.0325. The van der Waals surface area contributed by atoms with Crippen LogP contribution in [0.5, 0.6) is 17.2 Å². The fraction of sp³-hybridized carbons (Fsp3) is 0.222. The van der Waals surface area contributed by atoms with Gasteiger partial charge in [0.15, 0.2) is 17.3 Å². The van der Waals surface area contributed by atoms with E-state index in [4.69, 9.17) is 25.3 Å². The number of aromatic nitrogens is 1. The molecule has 4 aromatic rings. The van der Waals surface area contributed by atoms with Crippen LogP contribution in [0.3, 0.4) is 0 Å². The Bertz CT molecular complexity index is 1280. The van der Waals surface area contributed by atoms with Crippen molar-refractivity contribution >= 4 is 16.7 Å². The van der Waals surface area contributed by atoms with E-state index in [-0.39, 0.29) is 12.4 Å². The number of hydrogen-bond acceptors (Lipinski definition) is 7. The van der Waals surface area contributed by atoms with Gasteiger partial charge in [0.25, 0.3) is 0 Å². The van der Waals surface area contributed by atoms with E-state index in [1.54, 1.807) is 18.2 Å². The molecule has 1 aliphatic heterocycles. The summed E-state index contributed by atoms with van der Waals surface area (Å²) < 4.78 is 11.2. The van der Waals surface area contributed by atoms with Crippen molar-refractivity contribution in [1.82, 2.24) is 10.6 Å². The molecule has 35 heavy (non-hydrogen) atoms. The maximum atomic E-state index is 11.3. The van der Waals surface area contributed by atoms with Crippen molar-refractivity contribution in [2.24, 2.45) is 5.84 Å². The summed E-state index contributed by atoms with van der Waals surface area (Å²) in [6, 6.07) is 19.2. The topological polar surface area (TPSA) is 119 Å². The highest BCUT2D eigenvalue weighted by atomic mass is 16.7. The number of Topliss-reactive ketones (excluding diaryl/α,β-unsaturated/α-hetero) is 1. The van der Waals surface area contributed by atoms with Gasteiger partial charge in [-0.1, -0.05) is 48.1 Å². The van der Waals surface area contributed by atoms with E-state index >= 15 is 0 Å². The van der Waals surface area contributed by atoms with Gasteiger partial charge in [0.05, 0.1) is 0 Å². The van der Waals surface area contributed by atoms with E-state index in [9.17, 15) is 4.79 Å². The van der Waals surface area contributed by atoms with Gasteiger partial charge >= 0.3 is 0 Å². The minimum atomic E-state index is 0.0325. The fourth-order valence-electron chi connectivity index (χ4n) is 3.93. The van der Waals surface area contributed by atoms with E-state index in [0.29, 0.717) is 36.0 Å². The number of rotatable bonds is 7. The van der Waals surface area contributed by atoms with E-state index < -0.39 is 0 Å². The lowest BCUT2D eigenvalue weighted by Gasteiger charge is -2.21. The molecule has 5 N–H and O–H groups in total. The second-order valence-corrected chi connectivity index (χ2v) is 8.04. The smallest absolute Gasteiger partial charge is 0.206 e. The summed E-state index contributed by atoms with van der Waals surface area (Å²) in [7, 11) is 0. The molecule has 0 radical (unpaired) electrons. The SMILES string of the molecule is CC(=O)c1ccc(-c2cc3c(c(ONN)c2)OCCO3)cc1.OCCCc1c[nH]c2ccccc12. The second kappa shape index (κ2) is 11.5. The number of carbonyl (C=O) groups is 1. The summed E-state index contributed by atoms with van der Waals surface area (Å²) in [5.41, 5.74) is 7.11. The van der Waals surface area contributed by atoms with Crippen molar-refractivity contribution in [1.29, 1.82) is 0 Å². The van der Waals surface area contributed by atoms with Gasteiger partial charge in [-0.2, -0.15) is 0 Å². The number of H-pyrrole nitrogens is 1. The standard InChI is InChI=1S/C16H16N2O4.C11H13NO/c1-10(19)11-2-4-12(5-3-11)13-8-14-16(21-7-6-20-14)15(9-13)22-18-17;13-7-3-4-9-8-12-11-6-2-1-5-10(9)11/h2-5,8-9,18H,6-7,17H2,1H3;1-2,5-6,8,12-13H,3-4,7H2. The molecule has 0 bridgehead atoms. The van der Waals surface area contributed by atoms with Crippen LogP contribution in [-0.2, 0) is 6.42 Å². The Hall–Kier alpha value is -3.85. The highest BCUT2D eigenvalue weighted by Crippen LogP contribution is 2.42. The average molecular weight is 476 g/mol. The Labute approximate surface area is 203 Å². The van der Waals surface area contributed by atoms with Crippen LogP contribution in [0.4, 0.5) is 0 Å². The lowest BCUT2D eigenvalue weighted by Crippen LogP contribution is -2.27. The van der Waals surface area contributed by atoms with Crippen molar-refractivity contribution in [2.75, 3.05) is 19.8 Å². The number of benzene rings is 3. The summed E-state index contributed by atoms with van der Waals surface area (Å²) in [4.78, 5) is 19.8. The molecule has 1 aromatic heterocycles. The van der Waals surface area contributed by atoms with Gasteiger partial charge in [0, 0.05) is 29.3 Å². The molecular weight excluding hydrogens is 446 g/mol. The molecule has 2 heterocycles. The van der Waals surface area contributed by atoms with Gasteiger partial charge in [0.1, 0.15) is 13.2 Å². The second-order valence-electron chi connectivity index (χ2n) is 8.04. The molecule has 0 fully saturated rings. The number of fused-ring (bicyclic) bond motifs is 2. The van der Waals surface area contributed by atoms with Crippen LogP contribution in [0.1, 0.15) is 29.3 Å². The Balaban J connectivity index is 0.000000189. The van der Waals surface area contributed by atoms with Crippen LogP contribution < -0.4 is 25.7 Å². The van der Waals surface area contributed by atoms with E-state index in [2.05, 4.69) is 22.7 Å². The Morgan fingerprint density at radius 3 is 2.60 bits per heavy atom. The lowest BCUT2D eigenvalue weighted by molar-refractivity contribution is 0.101. The number of aryl methyl sites for hydroxylation is 1. The lowest BCUT2D eigenvalue weighted by atomic mass is 10.0. The summed E-state index contributed by atoms with van der Waals surface area (Å²) in [6.45, 7) is 2.74. The third-order valence-corrected chi connectivity index (χ3v) is 5.68. The predicted octanol–water partition coefficient (Wildman–Crippen LogP) is 4.18. The van der Waals surface area contributed by atoms with Gasteiger partial charge in [-0.25, -0.2) is 5.84 Å². The number of hydrogen-bond donors (Lipinski definition) is 4. The normalized spacial score (nSPS) is 12.1. The molecule has 182 valence electrons. The number of carbonyl (C=O) groups excluding carboxylic acids is 1. The fourth-order valence-corrected chi connectivity index (χ4v) is 3.93. The Morgan fingerprint density at radius 2 is 1.86 bits per heavy atom. The van der Waals surface area contributed by atoms with Crippen molar-refractivity contribution in [3.8, 4) is 28.4 Å². The summed E-state index contributed by atoms with van der Waals surface area (Å²) in [5.74, 6) is 6.83. The van der Waals surface area contributed by atoms with E-state index in [1.165, 1.54) is 23.4 Å². The minimum Gasteiger partial charge on any atom is -0.486 e. The Kier molecular flexibility index (Phi) is 7.99. The number of ether oxygens (including phenoxy) is 2. The number of hydrazine groups is 1. The van der Waals surface area contributed by atoms with Gasteiger partial charge in [-0.05, 0) is 54.7 Å². The molecule has 0 amide bonds. The molecule has 8 nitrogen and oxygen atoms in total. The first-order valence-corrected chi connectivity index (χ1v) is 11.4. The third kappa shape index (κ3) is 5.81. The number of nitrogens with one attached hydrogen (secondary N) is 2. The predicted molar refractivity (Wildman–Crippen MR) is 135 cm³/mol. The highest BCUT2D eigenvalue weighted by molar-refractivity contribution is 5.94. The van der Waals surface area contributed by atoms with Crippen LogP contribution in [0.15, 0.2) is 66.9 Å². The zero-order valence-corrected chi connectivity index (χ0v) is 19.5. The van der Waals surface area contributed by atoms with E-state index in [1.807, 2.05) is 36.5 Å². The maximum absolute atomic E-state index is 11.3. The zero-order chi connectivity index (χ0) is 24.6. The molecule has 5 rings (SSSR count). The van der Waals surface area contributed by atoms with Gasteiger partial charge in [-0.15, -0.1) is 0 Å². The molecule has 0 atom stereocenters. The van der Waals surface area contributed by atoms with Crippen LogP contribution >= 0.6 is 0 Å². The number of aliphatic hydroxyl groups is 1. The molecule has 0 saturated heterocycles. The average Bonchev–Trinajstić information content (AvgIpc) is 3.31. The summed E-state index contributed by atoms with van der Waals surface area (Å²) >= 11 is 0. The van der Waals surface area contributed by atoms with Crippen molar-refractivity contribution in [3.05, 3.63) is 78.0 Å². The quantitative estimate of drug-likeness (QED) is 0.180. The van der Waals surface area contributed by atoms with Crippen LogP contribution in [0, 0.1) is 0 Å². The third-order valence-electron chi connectivity index (χ3n) is 5.68. The number of ketones is 1. The van der Waals surface area contributed by atoms with Crippen LogP contribution in [-0.4, -0.2) is 35.7 Å². The van der Waals surface area contributed by atoms with Crippen molar-refractivity contribution in [2.45, 2.75) is 19.8 Å². The Morgan fingerprint density at radius 1 is 1.09 bits per heavy atom. The summed E-state index contributed by atoms with van der Waals surface area (Å²) in [5, 5.41) is 10.0. The van der Waals surface area contributed by atoms with Gasteiger partial charge in [0.2, 0.25) is 5.75 Å². The molecule has 8 heteroatoms. The van der Waals surface area contributed by atoms with Crippen molar-refractivity contribution in [3.63, 3.8) is 0 Å². The molecule has 1 aliphatic rings. The first-order chi connectivity index (χ1) is 17.1. The van der Waals surface area contributed by atoms with Gasteiger partial charge < -0.3 is 24.4 Å². The molecule has 3 aromatic carbocycles. The summed E-state index contributed by atoms with van der Waals surface area (Å²) in [6.07, 6.45) is 3.81. The van der Waals surface area contributed by atoms with Crippen LogP contribution in [0.25, 0.3) is 22.0 Å². The number of aromatic amines is 1. The van der Waals surface area contributed by atoms with Crippen LogP contribution in [0.2, 0.25) is 0 Å². The maximum Gasteiger partial charge on any atom is 0.206 e. The molecule has 0 unspecified atom stereocenters.